The molecule has 0 spiro atoms. The summed E-state index contributed by atoms with van der Waals surface area (Å²) in [6.45, 7) is 4.12. The number of halogens is 3. The SMILES string of the molecule is CCOC(=O)N1CCN(C(c2ccccc2)c2cccc(C(F)(F)F)c2)CC1. The molecule has 1 heterocycles. The highest BCUT2D eigenvalue weighted by molar-refractivity contribution is 5.67. The Hall–Kier alpha value is -2.54. The molecule has 1 aliphatic heterocycles. The van der Waals surface area contributed by atoms with E-state index >= 15 is 0 Å². The molecule has 1 unspecified atom stereocenters. The summed E-state index contributed by atoms with van der Waals surface area (Å²) >= 11 is 0. The lowest BCUT2D eigenvalue weighted by atomic mass is 9.95. The van der Waals surface area contributed by atoms with E-state index in [1.165, 1.54) is 12.1 Å². The van der Waals surface area contributed by atoms with E-state index in [4.69, 9.17) is 4.74 Å². The van der Waals surface area contributed by atoms with Gasteiger partial charge in [0.1, 0.15) is 0 Å². The molecular formula is C21H23F3N2O2. The Labute approximate surface area is 162 Å². The standard InChI is InChI=1S/C21H23F3N2O2/c1-2-28-20(27)26-13-11-25(12-14-26)19(16-7-4-3-5-8-16)17-9-6-10-18(15-17)21(22,23)24/h3-10,15,19H,2,11-14H2,1H3. The van der Waals surface area contributed by atoms with Crippen molar-refractivity contribution in [1.29, 1.82) is 0 Å². The first-order chi connectivity index (χ1) is 13.4. The fraction of sp³-hybridized carbons (Fsp3) is 0.381. The van der Waals surface area contributed by atoms with Gasteiger partial charge in [0.15, 0.2) is 0 Å². The van der Waals surface area contributed by atoms with E-state index in [0.29, 0.717) is 38.3 Å². The van der Waals surface area contributed by atoms with Crippen molar-refractivity contribution < 1.29 is 22.7 Å². The number of benzene rings is 2. The van der Waals surface area contributed by atoms with Crippen molar-refractivity contribution in [2.24, 2.45) is 0 Å². The Kier molecular flexibility index (Phi) is 6.24. The van der Waals surface area contributed by atoms with Crippen LogP contribution in [0.4, 0.5) is 18.0 Å². The van der Waals surface area contributed by atoms with Gasteiger partial charge in [-0.1, -0.05) is 42.5 Å². The number of ether oxygens (including phenoxy) is 1. The van der Waals surface area contributed by atoms with E-state index in [1.807, 2.05) is 30.3 Å². The van der Waals surface area contributed by atoms with Crippen molar-refractivity contribution >= 4 is 6.09 Å². The van der Waals surface area contributed by atoms with Gasteiger partial charge in [-0.25, -0.2) is 4.79 Å². The number of piperazine rings is 1. The third kappa shape index (κ3) is 4.65. The fourth-order valence-corrected chi connectivity index (χ4v) is 3.51. The first-order valence-electron chi connectivity index (χ1n) is 9.28. The smallest absolute Gasteiger partial charge is 0.416 e. The van der Waals surface area contributed by atoms with Gasteiger partial charge in [0.2, 0.25) is 0 Å². The minimum Gasteiger partial charge on any atom is -0.450 e. The van der Waals surface area contributed by atoms with Gasteiger partial charge < -0.3 is 9.64 Å². The van der Waals surface area contributed by atoms with Crippen LogP contribution in [0.15, 0.2) is 54.6 Å². The Balaban J connectivity index is 1.87. The van der Waals surface area contributed by atoms with Crippen LogP contribution in [0.25, 0.3) is 0 Å². The number of nitrogens with zero attached hydrogens (tertiary/aromatic N) is 2. The maximum atomic E-state index is 13.2. The summed E-state index contributed by atoms with van der Waals surface area (Å²) in [6, 6.07) is 14.6. The van der Waals surface area contributed by atoms with Gasteiger partial charge >= 0.3 is 12.3 Å². The molecule has 0 radical (unpaired) electrons. The molecule has 150 valence electrons. The topological polar surface area (TPSA) is 32.8 Å². The molecule has 0 aliphatic carbocycles. The highest BCUT2D eigenvalue weighted by atomic mass is 19.4. The Morgan fingerprint density at radius 3 is 2.25 bits per heavy atom. The highest BCUT2D eigenvalue weighted by Crippen LogP contribution is 2.34. The minimum atomic E-state index is -4.39. The molecule has 1 atom stereocenters. The number of alkyl halides is 3. The third-order valence-corrected chi connectivity index (χ3v) is 4.85. The summed E-state index contributed by atoms with van der Waals surface area (Å²) < 4.78 is 44.7. The first-order valence-corrected chi connectivity index (χ1v) is 9.28. The summed E-state index contributed by atoms with van der Waals surface area (Å²) in [5.74, 6) is 0. The number of carbonyl (C=O) groups is 1. The molecule has 1 amide bonds. The molecule has 3 rings (SSSR count). The zero-order valence-corrected chi connectivity index (χ0v) is 15.7. The maximum Gasteiger partial charge on any atom is 0.416 e. The Morgan fingerprint density at radius 1 is 1.00 bits per heavy atom. The lowest BCUT2D eigenvalue weighted by Crippen LogP contribution is -2.50. The second-order valence-electron chi connectivity index (χ2n) is 6.66. The van der Waals surface area contributed by atoms with Crippen molar-refractivity contribution in [3.63, 3.8) is 0 Å². The second kappa shape index (κ2) is 8.65. The summed E-state index contributed by atoms with van der Waals surface area (Å²) in [7, 11) is 0. The molecule has 0 N–H and O–H groups in total. The second-order valence-corrected chi connectivity index (χ2v) is 6.66. The molecule has 1 aliphatic rings. The monoisotopic (exact) mass is 392 g/mol. The Bertz CT molecular complexity index is 788. The zero-order valence-electron chi connectivity index (χ0n) is 15.7. The molecule has 28 heavy (non-hydrogen) atoms. The van der Waals surface area contributed by atoms with Crippen LogP contribution in [-0.4, -0.2) is 48.7 Å². The van der Waals surface area contributed by atoms with Gasteiger partial charge in [-0.05, 0) is 30.2 Å². The average Bonchev–Trinajstić information content (AvgIpc) is 2.69. The highest BCUT2D eigenvalue weighted by Gasteiger charge is 2.33. The molecule has 7 heteroatoms. The molecule has 1 saturated heterocycles. The lowest BCUT2D eigenvalue weighted by molar-refractivity contribution is -0.137. The fourth-order valence-electron chi connectivity index (χ4n) is 3.51. The van der Waals surface area contributed by atoms with Gasteiger partial charge in [0.25, 0.3) is 0 Å². The predicted octanol–water partition coefficient (Wildman–Crippen LogP) is 4.57. The van der Waals surface area contributed by atoms with E-state index in [9.17, 15) is 18.0 Å². The largest absolute Gasteiger partial charge is 0.450 e. The van der Waals surface area contributed by atoms with Crippen LogP contribution in [0.5, 0.6) is 0 Å². The van der Waals surface area contributed by atoms with Crippen LogP contribution in [0.2, 0.25) is 0 Å². The maximum absolute atomic E-state index is 13.2. The summed E-state index contributed by atoms with van der Waals surface area (Å²) in [5.41, 5.74) is 0.855. The van der Waals surface area contributed by atoms with Gasteiger partial charge in [0.05, 0.1) is 18.2 Å². The predicted molar refractivity (Wildman–Crippen MR) is 99.9 cm³/mol. The number of carbonyl (C=O) groups excluding carboxylic acids is 1. The molecule has 2 aromatic carbocycles. The van der Waals surface area contributed by atoms with Crippen LogP contribution in [-0.2, 0) is 10.9 Å². The lowest BCUT2D eigenvalue weighted by Gasteiger charge is -2.39. The number of rotatable bonds is 4. The molecule has 4 nitrogen and oxygen atoms in total. The number of amides is 1. The van der Waals surface area contributed by atoms with Crippen LogP contribution < -0.4 is 0 Å². The van der Waals surface area contributed by atoms with Gasteiger partial charge in [-0.3, -0.25) is 4.90 Å². The molecule has 1 fully saturated rings. The average molecular weight is 392 g/mol. The normalized spacial score (nSPS) is 16.6. The van der Waals surface area contributed by atoms with Crippen molar-refractivity contribution in [1.82, 2.24) is 9.80 Å². The summed E-state index contributed by atoms with van der Waals surface area (Å²) in [5, 5.41) is 0. The van der Waals surface area contributed by atoms with Crippen molar-refractivity contribution in [3.8, 4) is 0 Å². The van der Waals surface area contributed by atoms with Crippen LogP contribution >= 0.6 is 0 Å². The number of hydrogen-bond acceptors (Lipinski definition) is 3. The summed E-state index contributed by atoms with van der Waals surface area (Å²) in [6.07, 6.45) is -4.74. The molecule has 2 aromatic rings. The third-order valence-electron chi connectivity index (χ3n) is 4.85. The van der Waals surface area contributed by atoms with E-state index < -0.39 is 11.7 Å². The van der Waals surface area contributed by atoms with E-state index in [-0.39, 0.29) is 12.1 Å². The van der Waals surface area contributed by atoms with Crippen molar-refractivity contribution in [2.75, 3.05) is 32.8 Å². The zero-order chi connectivity index (χ0) is 20.1. The van der Waals surface area contributed by atoms with Crippen LogP contribution in [0.3, 0.4) is 0 Å². The Morgan fingerprint density at radius 2 is 1.64 bits per heavy atom. The van der Waals surface area contributed by atoms with Crippen LogP contribution in [0, 0.1) is 0 Å². The van der Waals surface area contributed by atoms with E-state index in [0.717, 1.165) is 11.6 Å². The first kappa shape index (κ1) is 20.2. The van der Waals surface area contributed by atoms with E-state index in [2.05, 4.69) is 4.90 Å². The van der Waals surface area contributed by atoms with Gasteiger partial charge in [-0.15, -0.1) is 0 Å². The van der Waals surface area contributed by atoms with Crippen molar-refractivity contribution in [3.05, 3.63) is 71.3 Å². The molecular weight excluding hydrogens is 369 g/mol. The number of hydrogen-bond donors (Lipinski definition) is 0. The quantitative estimate of drug-likeness (QED) is 0.764. The molecule has 0 aromatic heterocycles. The van der Waals surface area contributed by atoms with Gasteiger partial charge in [-0.2, -0.15) is 13.2 Å². The van der Waals surface area contributed by atoms with Crippen molar-refractivity contribution in [2.45, 2.75) is 19.1 Å². The van der Waals surface area contributed by atoms with Crippen LogP contribution in [0.1, 0.15) is 29.7 Å². The molecule has 0 saturated carbocycles. The van der Waals surface area contributed by atoms with Gasteiger partial charge in [0, 0.05) is 26.2 Å². The van der Waals surface area contributed by atoms with E-state index in [1.54, 1.807) is 17.9 Å². The summed E-state index contributed by atoms with van der Waals surface area (Å²) in [4.78, 5) is 15.7. The minimum absolute atomic E-state index is 0.312. The molecule has 0 bridgehead atoms.